The molecule has 7 heteroatoms. The Balaban J connectivity index is 2.03. The van der Waals surface area contributed by atoms with E-state index in [1.54, 1.807) is 36.4 Å². The summed E-state index contributed by atoms with van der Waals surface area (Å²) in [6.45, 7) is 1.81. The first kappa shape index (κ1) is 16.5. The van der Waals surface area contributed by atoms with E-state index >= 15 is 0 Å². The fourth-order valence-electron chi connectivity index (χ4n) is 3.07. The van der Waals surface area contributed by atoms with Gasteiger partial charge in [0.15, 0.2) is 5.69 Å². The van der Waals surface area contributed by atoms with Crippen LogP contribution < -0.4 is 0 Å². The molecule has 26 heavy (non-hydrogen) atoms. The van der Waals surface area contributed by atoms with E-state index in [4.69, 9.17) is 11.6 Å². The minimum atomic E-state index is -1.12. The zero-order valence-electron chi connectivity index (χ0n) is 13.6. The number of nitrogens with zero attached hydrogens (tertiary/aromatic N) is 3. The molecule has 4 rings (SSSR count). The van der Waals surface area contributed by atoms with Gasteiger partial charge in [-0.15, -0.1) is 0 Å². The first-order chi connectivity index (χ1) is 12.5. The van der Waals surface area contributed by atoms with Gasteiger partial charge < -0.3 is 5.11 Å². The van der Waals surface area contributed by atoms with Crippen molar-refractivity contribution < 1.29 is 14.3 Å². The van der Waals surface area contributed by atoms with Crippen molar-refractivity contribution in [2.24, 2.45) is 4.99 Å². The van der Waals surface area contributed by atoms with Gasteiger partial charge in [0.05, 0.1) is 23.1 Å². The zero-order valence-corrected chi connectivity index (χ0v) is 14.4. The summed E-state index contributed by atoms with van der Waals surface area (Å²) in [5.74, 6) is -1.51. The Hall–Kier alpha value is -2.99. The summed E-state index contributed by atoms with van der Waals surface area (Å²) in [6.07, 6.45) is 0. The van der Waals surface area contributed by atoms with Gasteiger partial charge in [0.1, 0.15) is 5.82 Å². The molecule has 2 heterocycles. The van der Waals surface area contributed by atoms with Gasteiger partial charge in [0.2, 0.25) is 0 Å². The van der Waals surface area contributed by atoms with E-state index in [2.05, 4.69) is 10.1 Å². The maximum absolute atomic E-state index is 14.4. The number of hydrogen-bond acceptors (Lipinski definition) is 3. The van der Waals surface area contributed by atoms with Crippen LogP contribution in [-0.4, -0.2) is 26.6 Å². The molecule has 0 spiro atoms. The number of carboxylic acid groups (broad SMARTS) is 1. The molecule has 0 saturated carbocycles. The Morgan fingerprint density at radius 1 is 1.19 bits per heavy atom. The lowest BCUT2D eigenvalue weighted by Gasteiger charge is -2.12. The maximum Gasteiger partial charge on any atom is 0.356 e. The SMILES string of the molecule is CC1N=C(c2ccccc2F)c2cc(Cl)ccc2-n2nc(C(=O)O)cc21. The highest BCUT2D eigenvalue weighted by Gasteiger charge is 2.27. The van der Waals surface area contributed by atoms with Crippen molar-refractivity contribution >= 4 is 23.3 Å². The second-order valence-corrected chi connectivity index (χ2v) is 6.40. The Morgan fingerprint density at radius 3 is 2.69 bits per heavy atom. The molecule has 3 aromatic rings. The second-order valence-electron chi connectivity index (χ2n) is 5.97. The number of fused-ring (bicyclic) bond motifs is 3. The van der Waals surface area contributed by atoms with Crippen LogP contribution in [0.15, 0.2) is 53.5 Å². The van der Waals surface area contributed by atoms with E-state index in [0.717, 1.165) is 0 Å². The number of carboxylic acids is 1. The Bertz CT molecular complexity index is 1070. The van der Waals surface area contributed by atoms with Crippen LogP contribution in [0.5, 0.6) is 0 Å². The van der Waals surface area contributed by atoms with E-state index in [1.165, 1.54) is 16.8 Å². The highest BCUT2D eigenvalue weighted by molar-refractivity contribution is 6.31. The Kier molecular flexibility index (Phi) is 3.85. The highest BCUT2D eigenvalue weighted by Crippen LogP contribution is 2.32. The highest BCUT2D eigenvalue weighted by atomic mass is 35.5. The quantitative estimate of drug-likeness (QED) is 0.733. The predicted octanol–water partition coefficient (Wildman–Crippen LogP) is 4.28. The lowest BCUT2D eigenvalue weighted by atomic mass is 10.00. The van der Waals surface area contributed by atoms with Gasteiger partial charge in [-0.3, -0.25) is 4.99 Å². The zero-order chi connectivity index (χ0) is 18.4. The molecule has 5 nitrogen and oxygen atoms in total. The first-order valence-electron chi connectivity index (χ1n) is 7.92. The number of aromatic nitrogens is 2. The van der Waals surface area contributed by atoms with Crippen molar-refractivity contribution in [1.29, 1.82) is 0 Å². The van der Waals surface area contributed by atoms with Crippen LogP contribution in [0, 0.1) is 5.82 Å². The lowest BCUT2D eigenvalue weighted by molar-refractivity contribution is 0.0690. The van der Waals surface area contributed by atoms with Crippen LogP contribution in [-0.2, 0) is 0 Å². The van der Waals surface area contributed by atoms with Gasteiger partial charge >= 0.3 is 5.97 Å². The molecule has 0 saturated heterocycles. The summed E-state index contributed by atoms with van der Waals surface area (Å²) >= 11 is 6.17. The van der Waals surface area contributed by atoms with Gasteiger partial charge in [0.25, 0.3) is 0 Å². The molecule has 1 atom stereocenters. The van der Waals surface area contributed by atoms with Crippen LogP contribution in [0.4, 0.5) is 4.39 Å². The number of benzene rings is 2. The predicted molar refractivity (Wildman–Crippen MR) is 96.0 cm³/mol. The van der Waals surface area contributed by atoms with Crippen LogP contribution in [0.3, 0.4) is 0 Å². The van der Waals surface area contributed by atoms with Crippen molar-refractivity contribution in [2.75, 3.05) is 0 Å². The first-order valence-corrected chi connectivity index (χ1v) is 8.30. The van der Waals surface area contributed by atoms with Gasteiger partial charge in [0, 0.05) is 16.1 Å². The van der Waals surface area contributed by atoms with Crippen LogP contribution in [0.1, 0.15) is 40.3 Å². The van der Waals surface area contributed by atoms with E-state index < -0.39 is 17.8 Å². The number of hydrogen-bond donors (Lipinski definition) is 1. The van der Waals surface area contributed by atoms with Crippen molar-refractivity contribution in [3.63, 3.8) is 0 Å². The fourth-order valence-corrected chi connectivity index (χ4v) is 3.24. The van der Waals surface area contributed by atoms with E-state index in [1.807, 2.05) is 6.92 Å². The monoisotopic (exact) mass is 369 g/mol. The molecule has 130 valence electrons. The number of rotatable bonds is 2. The Labute approximate surface area is 153 Å². The third-order valence-electron chi connectivity index (χ3n) is 4.28. The lowest BCUT2D eigenvalue weighted by Crippen LogP contribution is -2.10. The minimum Gasteiger partial charge on any atom is -0.476 e. The molecule has 1 aromatic heterocycles. The molecule has 1 N–H and O–H groups in total. The summed E-state index contributed by atoms with van der Waals surface area (Å²) < 4.78 is 16.0. The summed E-state index contributed by atoms with van der Waals surface area (Å²) in [5, 5.41) is 13.9. The van der Waals surface area contributed by atoms with Crippen molar-refractivity contribution in [2.45, 2.75) is 13.0 Å². The van der Waals surface area contributed by atoms with Crippen molar-refractivity contribution in [3.8, 4) is 5.69 Å². The Morgan fingerprint density at radius 2 is 1.96 bits per heavy atom. The average molecular weight is 370 g/mol. The normalized spacial score (nSPS) is 15.7. The van der Waals surface area contributed by atoms with Gasteiger partial charge in [-0.05, 0) is 43.3 Å². The number of halogens is 2. The molecule has 0 aliphatic carbocycles. The second kappa shape index (κ2) is 6.07. The molecule has 2 aromatic carbocycles. The molecular weight excluding hydrogens is 357 g/mol. The smallest absolute Gasteiger partial charge is 0.356 e. The summed E-state index contributed by atoms with van der Waals surface area (Å²) in [4.78, 5) is 16.0. The summed E-state index contributed by atoms with van der Waals surface area (Å²) in [6, 6.07) is 12.5. The number of aromatic carboxylic acids is 1. The molecule has 0 bridgehead atoms. The fraction of sp³-hybridized carbons (Fsp3) is 0.105. The molecule has 1 unspecified atom stereocenters. The molecule has 1 aliphatic heterocycles. The molecule has 0 radical (unpaired) electrons. The van der Waals surface area contributed by atoms with E-state index in [-0.39, 0.29) is 5.69 Å². The van der Waals surface area contributed by atoms with Gasteiger partial charge in [-0.2, -0.15) is 5.10 Å². The number of carbonyl (C=O) groups is 1. The summed E-state index contributed by atoms with van der Waals surface area (Å²) in [5.41, 5.74) is 2.54. The van der Waals surface area contributed by atoms with Crippen LogP contribution >= 0.6 is 11.6 Å². The van der Waals surface area contributed by atoms with Gasteiger partial charge in [-0.25, -0.2) is 13.9 Å². The maximum atomic E-state index is 14.4. The molecule has 0 fully saturated rings. The number of aliphatic imine (C=N–C) groups is 1. The molecular formula is C19H13ClFN3O2. The van der Waals surface area contributed by atoms with Crippen molar-refractivity contribution in [1.82, 2.24) is 9.78 Å². The third-order valence-corrected chi connectivity index (χ3v) is 4.51. The topological polar surface area (TPSA) is 67.5 Å². The van der Waals surface area contributed by atoms with Gasteiger partial charge in [-0.1, -0.05) is 23.7 Å². The standard InChI is InChI=1S/C19H13ClFN3O2/c1-10-17-9-15(19(25)26)23-24(17)16-7-6-11(20)8-13(16)18(22-10)12-4-2-3-5-14(12)21/h2-10H,1H3,(H,25,26). The molecule has 1 aliphatic rings. The third kappa shape index (κ3) is 2.59. The van der Waals surface area contributed by atoms with Crippen LogP contribution in [0.25, 0.3) is 5.69 Å². The van der Waals surface area contributed by atoms with E-state index in [9.17, 15) is 14.3 Å². The van der Waals surface area contributed by atoms with Crippen molar-refractivity contribution in [3.05, 3.63) is 81.9 Å². The minimum absolute atomic E-state index is 0.0720. The molecule has 0 amide bonds. The average Bonchev–Trinajstić information content (AvgIpc) is 3.02. The van der Waals surface area contributed by atoms with E-state index in [0.29, 0.717) is 33.2 Å². The summed E-state index contributed by atoms with van der Waals surface area (Å²) in [7, 11) is 0. The van der Waals surface area contributed by atoms with Crippen LogP contribution in [0.2, 0.25) is 5.02 Å². The largest absolute Gasteiger partial charge is 0.476 e.